The van der Waals surface area contributed by atoms with Crippen molar-refractivity contribution in [2.45, 2.75) is 64.6 Å². The Balaban J connectivity index is 2.76. The van der Waals surface area contributed by atoms with Crippen LogP contribution >= 0.6 is 0 Å². The second-order valence-corrected chi connectivity index (χ2v) is 5.31. The van der Waals surface area contributed by atoms with Gasteiger partial charge in [0.15, 0.2) is 0 Å². The van der Waals surface area contributed by atoms with Gasteiger partial charge in [-0.2, -0.15) is 0 Å². The SMILES string of the molecule is [2H]C([2H])([2H])OC1=C(OC([2H])([2H])[2H])C(=O)C(CCCCCCCC([2H])([2H])C([2H])([2H])C([2H])([2H])O)=C(C)C1=O. The van der Waals surface area contributed by atoms with Gasteiger partial charge in [-0.15, -0.1) is 0 Å². The van der Waals surface area contributed by atoms with Crippen LogP contribution in [0.15, 0.2) is 22.7 Å². The number of methoxy groups -OCH3 is 2. The van der Waals surface area contributed by atoms with E-state index in [1.807, 2.05) is 0 Å². The van der Waals surface area contributed by atoms with Crippen molar-refractivity contribution in [3.05, 3.63) is 22.7 Å². The van der Waals surface area contributed by atoms with Crippen LogP contribution in [-0.4, -0.2) is 37.3 Å². The summed E-state index contributed by atoms with van der Waals surface area (Å²) in [6, 6.07) is 0. The minimum atomic E-state index is -3.35. The average Bonchev–Trinajstić information content (AvgIpc) is 2.67. The number of Topliss-reactive ketones (excluding diaryl/α,β-unsaturated/α-hetero) is 2. The summed E-state index contributed by atoms with van der Waals surface area (Å²) in [6.07, 6.45) is -3.94. The summed E-state index contributed by atoms with van der Waals surface area (Å²) in [5, 5.41) is 9.28. The van der Waals surface area contributed by atoms with Crippen LogP contribution in [0.25, 0.3) is 0 Å². The van der Waals surface area contributed by atoms with E-state index in [1.165, 1.54) is 6.92 Å². The smallest absolute Gasteiger partial charge is 0.228 e. The molecule has 0 unspecified atom stereocenters. The zero-order chi connectivity index (χ0) is 28.3. The summed E-state index contributed by atoms with van der Waals surface area (Å²) >= 11 is 0. The van der Waals surface area contributed by atoms with Crippen molar-refractivity contribution in [3.63, 3.8) is 0 Å². The summed E-state index contributed by atoms with van der Waals surface area (Å²) in [5.41, 5.74) is -0.127. The maximum atomic E-state index is 12.9. The summed E-state index contributed by atoms with van der Waals surface area (Å²) < 4.78 is 97.2. The van der Waals surface area contributed by atoms with Crippen LogP contribution in [-0.2, 0) is 19.1 Å². The molecule has 0 spiro atoms. The van der Waals surface area contributed by atoms with Crippen molar-refractivity contribution in [1.82, 2.24) is 0 Å². The molecule has 5 heteroatoms. The first-order valence-corrected chi connectivity index (χ1v) is 7.66. The third kappa shape index (κ3) is 5.48. The predicted octanol–water partition coefficient (Wildman–Crippen LogP) is 3.46. The van der Waals surface area contributed by atoms with Crippen LogP contribution < -0.4 is 0 Å². The third-order valence-electron chi connectivity index (χ3n) is 3.76. The van der Waals surface area contributed by atoms with E-state index in [2.05, 4.69) is 9.47 Å². The molecule has 0 atom stereocenters. The molecule has 0 aromatic carbocycles. The molecular formula is C19H30O5. The number of carbonyl (C=O) groups is 2. The Bertz CT molecular complexity index is 894. The fraction of sp³-hybridized carbons (Fsp3) is 0.684. The topological polar surface area (TPSA) is 72.8 Å². The molecule has 0 radical (unpaired) electrons. The van der Waals surface area contributed by atoms with E-state index < -0.39 is 56.5 Å². The van der Waals surface area contributed by atoms with Gasteiger partial charge in [-0.25, -0.2) is 0 Å². The first kappa shape index (κ1) is 8.65. The highest BCUT2D eigenvalue weighted by Gasteiger charge is 2.34. The van der Waals surface area contributed by atoms with Gasteiger partial charge in [-0.3, -0.25) is 9.59 Å². The number of unbranched alkanes of at least 4 members (excludes halogenated alkanes) is 4. The van der Waals surface area contributed by atoms with Gasteiger partial charge in [0.1, 0.15) is 0 Å². The molecular weight excluding hydrogens is 308 g/mol. The van der Waals surface area contributed by atoms with Crippen LogP contribution in [0.1, 0.15) is 81.1 Å². The Morgan fingerprint density at radius 2 is 1.50 bits per heavy atom. The molecule has 1 N–H and O–H groups in total. The van der Waals surface area contributed by atoms with Crippen LogP contribution in [0.2, 0.25) is 0 Å². The summed E-state index contributed by atoms with van der Waals surface area (Å²) in [7, 11) is -6.26. The lowest BCUT2D eigenvalue weighted by Crippen LogP contribution is -2.25. The zero-order valence-corrected chi connectivity index (χ0v) is 13.5. The molecule has 0 amide bonds. The van der Waals surface area contributed by atoms with E-state index in [4.69, 9.17) is 16.4 Å². The monoisotopic (exact) mass is 350 g/mol. The Morgan fingerprint density at radius 3 is 2.12 bits per heavy atom. The van der Waals surface area contributed by atoms with Crippen molar-refractivity contribution in [2.24, 2.45) is 0 Å². The number of ketones is 2. The van der Waals surface area contributed by atoms with Crippen LogP contribution in [0.3, 0.4) is 0 Å². The minimum Gasteiger partial charge on any atom is -0.489 e. The first-order valence-electron chi connectivity index (χ1n) is 13.7. The maximum Gasteiger partial charge on any atom is 0.228 e. The highest BCUT2D eigenvalue weighted by Crippen LogP contribution is 2.28. The van der Waals surface area contributed by atoms with Crippen molar-refractivity contribution in [2.75, 3.05) is 20.6 Å². The Morgan fingerprint density at radius 1 is 0.917 bits per heavy atom. The maximum absolute atomic E-state index is 12.9. The molecule has 24 heavy (non-hydrogen) atoms. The minimum absolute atomic E-state index is 0.0353. The molecule has 5 nitrogen and oxygen atoms in total. The van der Waals surface area contributed by atoms with E-state index >= 15 is 0 Å². The number of hydrogen-bond acceptors (Lipinski definition) is 5. The lowest BCUT2D eigenvalue weighted by molar-refractivity contribution is -0.121. The summed E-state index contributed by atoms with van der Waals surface area (Å²) in [5.74, 6) is -3.91. The van der Waals surface area contributed by atoms with Crippen molar-refractivity contribution < 1.29 is 40.6 Å². The second kappa shape index (κ2) is 11.0. The van der Waals surface area contributed by atoms with E-state index in [0.717, 1.165) is 0 Å². The zero-order valence-electron chi connectivity index (χ0n) is 25.5. The second-order valence-electron chi connectivity index (χ2n) is 5.31. The number of rotatable bonds is 12. The van der Waals surface area contributed by atoms with Crippen LogP contribution in [0.4, 0.5) is 0 Å². The largest absolute Gasteiger partial charge is 0.489 e. The summed E-state index contributed by atoms with van der Waals surface area (Å²) in [6.45, 7) is -2.06. The van der Waals surface area contributed by atoms with Gasteiger partial charge in [-0.1, -0.05) is 38.5 Å². The predicted molar refractivity (Wildman–Crippen MR) is 92.4 cm³/mol. The van der Waals surface area contributed by atoms with E-state index in [9.17, 15) is 14.7 Å². The normalized spacial score (nSPS) is 25.6. The molecule has 1 aliphatic carbocycles. The third-order valence-corrected chi connectivity index (χ3v) is 3.76. The molecule has 0 bridgehead atoms. The molecule has 136 valence electrons. The molecule has 1 rings (SSSR count). The van der Waals surface area contributed by atoms with Crippen molar-refractivity contribution >= 4 is 11.6 Å². The van der Waals surface area contributed by atoms with Gasteiger partial charge in [0.2, 0.25) is 23.1 Å². The number of aliphatic hydroxyl groups is 1. The Hall–Kier alpha value is -1.62. The quantitative estimate of drug-likeness (QED) is 0.431. The fourth-order valence-electron chi connectivity index (χ4n) is 2.45. The van der Waals surface area contributed by atoms with Crippen LogP contribution in [0, 0.1) is 0 Å². The molecule has 0 saturated heterocycles. The van der Waals surface area contributed by atoms with E-state index in [0.29, 0.717) is 25.7 Å². The standard InChI is InChI=1S/C19H30O5/c1-14-15(12-10-8-6-4-5-7-9-11-13-20)17(22)19(24-3)18(23-2)16(14)21/h20H,4-13H2,1-3H3/i2D3,3D3,9D2,11D2,13D2. The number of ether oxygens (including phenoxy) is 2. The lowest BCUT2D eigenvalue weighted by atomic mass is 9.89. The molecule has 0 aromatic heterocycles. The van der Waals surface area contributed by atoms with E-state index in [1.54, 1.807) is 0 Å². The number of carbonyl (C=O) groups excluding carboxylic acids is 2. The van der Waals surface area contributed by atoms with Crippen molar-refractivity contribution in [3.8, 4) is 0 Å². The lowest BCUT2D eigenvalue weighted by Gasteiger charge is -2.20. The number of hydrogen-bond donors (Lipinski definition) is 1. The highest BCUT2D eigenvalue weighted by molar-refractivity contribution is 6.23. The molecule has 0 aliphatic heterocycles. The molecule has 0 heterocycles. The van der Waals surface area contributed by atoms with Crippen molar-refractivity contribution in [1.29, 1.82) is 0 Å². The first-order chi connectivity index (χ1) is 16.0. The number of allylic oxidation sites excluding steroid dienone is 2. The van der Waals surface area contributed by atoms with Gasteiger partial charge in [-0.05, 0) is 26.1 Å². The van der Waals surface area contributed by atoms with Gasteiger partial charge in [0, 0.05) is 23.2 Å². The Labute approximate surface area is 161 Å². The van der Waals surface area contributed by atoms with Gasteiger partial charge in [0.25, 0.3) is 0 Å². The Kier molecular flexibility index (Phi) is 3.98. The average molecular weight is 351 g/mol. The van der Waals surface area contributed by atoms with Gasteiger partial charge >= 0.3 is 0 Å². The molecule has 0 aromatic rings. The van der Waals surface area contributed by atoms with Gasteiger partial charge in [0.05, 0.1) is 25.0 Å². The fourth-order valence-corrected chi connectivity index (χ4v) is 2.45. The highest BCUT2D eigenvalue weighted by atomic mass is 16.5. The molecule has 0 saturated carbocycles. The summed E-state index contributed by atoms with van der Waals surface area (Å²) in [4.78, 5) is 25.5. The van der Waals surface area contributed by atoms with Gasteiger partial charge < -0.3 is 14.6 Å². The molecule has 1 aliphatic rings. The van der Waals surface area contributed by atoms with E-state index in [-0.39, 0.29) is 30.4 Å². The molecule has 0 fully saturated rings. The van der Waals surface area contributed by atoms with Crippen LogP contribution in [0.5, 0.6) is 0 Å².